The summed E-state index contributed by atoms with van der Waals surface area (Å²) < 4.78 is 68.5. The molecule has 1 aromatic heterocycles. The van der Waals surface area contributed by atoms with E-state index in [9.17, 15) is 17.6 Å². The molecule has 0 aliphatic carbocycles. The largest absolute Gasteiger partial charge is 0.493 e. The van der Waals surface area contributed by atoms with Crippen LogP contribution < -0.4 is 19.1 Å². The second kappa shape index (κ2) is 8.95. The summed E-state index contributed by atoms with van der Waals surface area (Å²) in [6.07, 6.45) is -3.96. The Bertz CT molecular complexity index is 884. The normalized spacial score (nSPS) is 15.2. The van der Waals surface area contributed by atoms with Crippen molar-refractivity contribution in [1.82, 2.24) is 9.88 Å². The first-order valence-electron chi connectivity index (χ1n) is 9.26. The van der Waals surface area contributed by atoms with Crippen LogP contribution in [0.4, 0.5) is 23.4 Å². The van der Waals surface area contributed by atoms with Gasteiger partial charge in [0.2, 0.25) is 5.75 Å². The average molecular weight is 429 g/mol. The number of hydrogen-bond acceptors (Lipinski definition) is 6. The Morgan fingerprint density at radius 3 is 2.17 bits per heavy atom. The Labute approximate surface area is 172 Å². The van der Waals surface area contributed by atoms with E-state index in [1.54, 1.807) is 25.2 Å². The number of rotatable bonds is 6. The third-order valence-electron chi connectivity index (χ3n) is 5.00. The third-order valence-corrected chi connectivity index (χ3v) is 5.00. The second-order valence-corrected chi connectivity index (χ2v) is 6.78. The Kier molecular flexibility index (Phi) is 6.55. The minimum atomic E-state index is -4.62. The number of hydrogen-bond donors (Lipinski definition) is 0. The van der Waals surface area contributed by atoms with Crippen LogP contribution in [0.25, 0.3) is 0 Å². The molecule has 0 amide bonds. The van der Waals surface area contributed by atoms with Gasteiger partial charge in [-0.2, -0.15) is 13.2 Å². The van der Waals surface area contributed by atoms with Crippen molar-refractivity contribution in [3.05, 3.63) is 41.3 Å². The summed E-state index contributed by atoms with van der Waals surface area (Å²) in [6, 6.07) is 4.18. The lowest BCUT2D eigenvalue weighted by Crippen LogP contribution is -2.46. The van der Waals surface area contributed by atoms with Gasteiger partial charge < -0.3 is 19.1 Å². The molecule has 0 N–H and O–H groups in total. The number of aromatic nitrogens is 1. The van der Waals surface area contributed by atoms with Crippen LogP contribution in [0.15, 0.2) is 24.4 Å². The predicted molar refractivity (Wildman–Crippen MR) is 103 cm³/mol. The molecule has 1 aromatic carbocycles. The van der Waals surface area contributed by atoms with Crippen molar-refractivity contribution in [2.45, 2.75) is 12.7 Å². The number of halogens is 4. The van der Waals surface area contributed by atoms with Crippen molar-refractivity contribution in [3.8, 4) is 17.2 Å². The fourth-order valence-corrected chi connectivity index (χ4v) is 3.46. The van der Waals surface area contributed by atoms with Crippen LogP contribution >= 0.6 is 0 Å². The van der Waals surface area contributed by atoms with Crippen molar-refractivity contribution in [1.29, 1.82) is 0 Å². The Hall–Kier alpha value is -2.75. The smallest absolute Gasteiger partial charge is 0.417 e. The summed E-state index contributed by atoms with van der Waals surface area (Å²) in [7, 11) is 4.64. The molecule has 10 heteroatoms. The standard InChI is InChI=1S/C20H23F4N3O3/c1-28-16-5-4-13(17(29-2)18(16)30-3)12-26-6-8-27(9-7-26)19-15(21)10-14(11-25-19)20(22,23)24/h4-5,10-11H,6-9,12H2,1-3H3. The van der Waals surface area contributed by atoms with Gasteiger partial charge in [-0.1, -0.05) is 6.07 Å². The van der Waals surface area contributed by atoms with Crippen LogP contribution in [0.2, 0.25) is 0 Å². The van der Waals surface area contributed by atoms with Gasteiger partial charge in [0.25, 0.3) is 0 Å². The molecule has 2 heterocycles. The van der Waals surface area contributed by atoms with Gasteiger partial charge in [0.05, 0.1) is 26.9 Å². The molecule has 0 spiro atoms. The van der Waals surface area contributed by atoms with Crippen LogP contribution in [0.5, 0.6) is 17.2 Å². The molecule has 2 aromatic rings. The molecular formula is C20H23F4N3O3. The van der Waals surface area contributed by atoms with Crippen LogP contribution in [-0.2, 0) is 12.7 Å². The third kappa shape index (κ3) is 4.53. The molecule has 1 aliphatic heterocycles. The zero-order chi connectivity index (χ0) is 21.9. The summed E-state index contributed by atoms with van der Waals surface area (Å²) in [4.78, 5) is 7.50. The summed E-state index contributed by atoms with van der Waals surface area (Å²) in [5.41, 5.74) is -0.189. The highest BCUT2D eigenvalue weighted by atomic mass is 19.4. The highest BCUT2D eigenvalue weighted by Crippen LogP contribution is 2.40. The maximum atomic E-state index is 14.2. The van der Waals surface area contributed by atoms with Gasteiger partial charge in [-0.25, -0.2) is 9.37 Å². The van der Waals surface area contributed by atoms with Crippen molar-refractivity contribution in [2.24, 2.45) is 0 Å². The molecule has 164 valence electrons. The maximum absolute atomic E-state index is 14.2. The van der Waals surface area contributed by atoms with Crippen LogP contribution in [0.3, 0.4) is 0 Å². The molecule has 6 nitrogen and oxygen atoms in total. The number of benzene rings is 1. The van der Waals surface area contributed by atoms with Gasteiger partial charge in [-0.15, -0.1) is 0 Å². The highest BCUT2D eigenvalue weighted by molar-refractivity contribution is 5.55. The number of nitrogens with zero attached hydrogens (tertiary/aromatic N) is 3. The summed E-state index contributed by atoms with van der Waals surface area (Å²) in [5, 5.41) is 0. The SMILES string of the molecule is COc1ccc(CN2CCN(c3ncc(C(F)(F)F)cc3F)CC2)c(OC)c1OC. The minimum Gasteiger partial charge on any atom is -0.493 e. The van der Waals surface area contributed by atoms with E-state index in [0.29, 0.717) is 62.2 Å². The molecular weight excluding hydrogens is 406 g/mol. The monoisotopic (exact) mass is 429 g/mol. The molecule has 0 saturated carbocycles. The Balaban J connectivity index is 1.68. The average Bonchev–Trinajstić information content (AvgIpc) is 2.73. The molecule has 3 rings (SSSR count). The van der Waals surface area contributed by atoms with Gasteiger partial charge >= 0.3 is 6.18 Å². The number of ether oxygens (including phenoxy) is 3. The lowest BCUT2D eigenvalue weighted by Gasteiger charge is -2.35. The highest BCUT2D eigenvalue weighted by Gasteiger charge is 2.32. The van der Waals surface area contributed by atoms with Gasteiger partial charge in [0.1, 0.15) is 0 Å². The van der Waals surface area contributed by atoms with E-state index < -0.39 is 17.6 Å². The summed E-state index contributed by atoms with van der Waals surface area (Å²) in [5.74, 6) is 0.611. The fourth-order valence-electron chi connectivity index (χ4n) is 3.46. The molecule has 0 bridgehead atoms. The summed E-state index contributed by atoms with van der Waals surface area (Å²) >= 11 is 0. The number of anilines is 1. The van der Waals surface area contributed by atoms with Crippen molar-refractivity contribution >= 4 is 5.82 Å². The quantitative estimate of drug-likeness (QED) is 0.655. The van der Waals surface area contributed by atoms with Gasteiger partial charge in [-0.05, 0) is 12.1 Å². The second-order valence-electron chi connectivity index (χ2n) is 6.78. The minimum absolute atomic E-state index is 0.0636. The lowest BCUT2D eigenvalue weighted by atomic mass is 10.1. The predicted octanol–water partition coefficient (Wildman–Crippen LogP) is 3.59. The van der Waals surface area contributed by atoms with Gasteiger partial charge in [-0.3, -0.25) is 4.90 Å². The van der Waals surface area contributed by atoms with E-state index >= 15 is 0 Å². The number of piperazine rings is 1. The van der Waals surface area contributed by atoms with E-state index in [1.807, 2.05) is 6.07 Å². The van der Waals surface area contributed by atoms with Gasteiger partial charge in [0, 0.05) is 44.5 Å². The lowest BCUT2D eigenvalue weighted by molar-refractivity contribution is -0.138. The van der Waals surface area contributed by atoms with Gasteiger partial charge in [0.15, 0.2) is 23.1 Å². The van der Waals surface area contributed by atoms with E-state index in [-0.39, 0.29) is 5.82 Å². The summed E-state index contributed by atoms with van der Waals surface area (Å²) in [6.45, 7) is 2.61. The number of methoxy groups -OCH3 is 3. The van der Waals surface area contributed by atoms with E-state index in [1.165, 1.54) is 7.11 Å². The van der Waals surface area contributed by atoms with Crippen LogP contribution in [0, 0.1) is 5.82 Å². The first-order chi connectivity index (χ1) is 14.3. The van der Waals surface area contributed by atoms with Crippen LogP contribution in [-0.4, -0.2) is 57.4 Å². The van der Waals surface area contributed by atoms with E-state index in [4.69, 9.17) is 14.2 Å². The molecule has 1 saturated heterocycles. The zero-order valence-corrected chi connectivity index (χ0v) is 16.9. The molecule has 30 heavy (non-hydrogen) atoms. The van der Waals surface area contributed by atoms with Crippen molar-refractivity contribution in [3.63, 3.8) is 0 Å². The van der Waals surface area contributed by atoms with Crippen molar-refractivity contribution in [2.75, 3.05) is 52.4 Å². The Morgan fingerprint density at radius 1 is 0.967 bits per heavy atom. The molecule has 0 radical (unpaired) electrons. The van der Waals surface area contributed by atoms with E-state index in [0.717, 1.165) is 5.56 Å². The Morgan fingerprint density at radius 2 is 1.63 bits per heavy atom. The number of pyridine rings is 1. The molecule has 0 atom stereocenters. The number of alkyl halides is 3. The zero-order valence-electron chi connectivity index (χ0n) is 16.9. The molecule has 1 aliphatic rings. The first-order valence-corrected chi connectivity index (χ1v) is 9.26. The van der Waals surface area contributed by atoms with E-state index in [2.05, 4.69) is 9.88 Å². The topological polar surface area (TPSA) is 47.1 Å². The fraction of sp³-hybridized carbons (Fsp3) is 0.450. The van der Waals surface area contributed by atoms with Crippen LogP contribution in [0.1, 0.15) is 11.1 Å². The molecule has 0 unspecified atom stereocenters. The molecule has 1 fully saturated rings. The first kappa shape index (κ1) is 21.9. The maximum Gasteiger partial charge on any atom is 0.417 e. The van der Waals surface area contributed by atoms with Crippen molar-refractivity contribution < 1.29 is 31.8 Å².